The van der Waals surface area contributed by atoms with Crippen LogP contribution in [0.4, 0.5) is 15.0 Å². The first kappa shape index (κ1) is 29.1. The Bertz CT molecular complexity index is 1350. The molecule has 0 spiro atoms. The molecular weight excluding hydrogens is 617 g/mol. The molecule has 12 heteroatoms. The van der Waals surface area contributed by atoms with E-state index in [-0.39, 0.29) is 38.6 Å². The van der Waals surface area contributed by atoms with Crippen LogP contribution in [0.15, 0.2) is 10.5 Å². The summed E-state index contributed by atoms with van der Waals surface area (Å²) in [5.74, 6) is 0.0234. The fourth-order valence-corrected chi connectivity index (χ4v) is 6.98. The summed E-state index contributed by atoms with van der Waals surface area (Å²) in [5.41, 5.74) is -0.828. The Labute approximate surface area is 253 Å². The van der Waals surface area contributed by atoms with Gasteiger partial charge in [-0.25, -0.2) is 9.18 Å². The second-order valence-electron chi connectivity index (χ2n) is 13.3. The number of carbonyl (C=O) groups is 1. The quantitative estimate of drug-likeness (QED) is 0.370. The van der Waals surface area contributed by atoms with E-state index in [0.29, 0.717) is 30.9 Å². The van der Waals surface area contributed by atoms with Gasteiger partial charge in [-0.1, -0.05) is 11.6 Å². The van der Waals surface area contributed by atoms with E-state index in [1.807, 2.05) is 25.7 Å². The van der Waals surface area contributed by atoms with Crippen LogP contribution in [-0.2, 0) is 9.47 Å². The molecule has 224 valence electrons. The Balaban J connectivity index is 1.29. The molecule has 4 fully saturated rings. The van der Waals surface area contributed by atoms with Crippen molar-refractivity contribution in [1.29, 1.82) is 0 Å². The minimum absolute atomic E-state index is 0.0561. The number of benzene rings is 1. The lowest BCUT2D eigenvalue weighted by atomic mass is 9.97. The number of aromatic nitrogens is 2. The number of morpholine rings is 1. The van der Waals surface area contributed by atoms with Gasteiger partial charge in [0.25, 0.3) is 0 Å². The van der Waals surface area contributed by atoms with Crippen molar-refractivity contribution in [3.63, 3.8) is 0 Å². The van der Waals surface area contributed by atoms with Crippen molar-refractivity contribution in [2.75, 3.05) is 57.4 Å². The number of hydrogen-bond acceptors (Lipinski definition) is 8. The Morgan fingerprint density at radius 2 is 1.98 bits per heavy atom. The largest absolute Gasteiger partial charge is 0.463 e. The van der Waals surface area contributed by atoms with Crippen LogP contribution in [0.25, 0.3) is 10.9 Å². The number of amides is 1. The zero-order valence-corrected chi connectivity index (χ0v) is 26.5. The number of fused-ring (bicyclic) bond motifs is 3. The highest BCUT2D eigenvalue weighted by atomic mass is 79.9. The molecule has 0 N–H and O–H groups in total. The minimum atomic E-state index is -0.582. The molecule has 4 heterocycles. The van der Waals surface area contributed by atoms with Crippen molar-refractivity contribution in [2.24, 2.45) is 5.41 Å². The van der Waals surface area contributed by atoms with E-state index in [9.17, 15) is 4.79 Å². The van der Waals surface area contributed by atoms with Crippen LogP contribution in [0.2, 0.25) is 5.02 Å². The standard InChI is InChI=1S/C29H38BrClFN5O4/c1-27(2,3)41-26(38)37-18-5-6-28(37,4)15-36(14-18)24-19-13-20(31)21(30)22(32)23(19)33-25(34-24)40-17-29(7-8-29)16-35-9-11-39-12-10-35/h13,18H,5-12,14-17H2,1-4H3/t18-,28+/m1/s1. The summed E-state index contributed by atoms with van der Waals surface area (Å²) in [7, 11) is 0. The van der Waals surface area contributed by atoms with Crippen molar-refractivity contribution >= 4 is 50.3 Å². The Morgan fingerprint density at radius 1 is 1.24 bits per heavy atom. The molecule has 3 saturated heterocycles. The molecule has 1 aromatic heterocycles. The van der Waals surface area contributed by atoms with Crippen LogP contribution in [0, 0.1) is 11.2 Å². The molecule has 6 rings (SSSR count). The van der Waals surface area contributed by atoms with Gasteiger partial charge in [-0.3, -0.25) is 9.80 Å². The van der Waals surface area contributed by atoms with Gasteiger partial charge in [-0.2, -0.15) is 9.97 Å². The van der Waals surface area contributed by atoms with E-state index >= 15 is 4.39 Å². The van der Waals surface area contributed by atoms with Gasteiger partial charge in [-0.15, -0.1) is 0 Å². The molecule has 1 aromatic carbocycles. The number of rotatable bonds is 6. The highest BCUT2D eigenvalue weighted by Crippen LogP contribution is 2.47. The monoisotopic (exact) mass is 653 g/mol. The zero-order chi connectivity index (χ0) is 29.2. The number of piperazine rings is 1. The Kier molecular flexibility index (Phi) is 7.56. The van der Waals surface area contributed by atoms with Gasteiger partial charge in [0.15, 0.2) is 5.82 Å². The SMILES string of the molecule is CC(C)(C)OC(=O)N1[C@@H]2CC[C@@]1(C)CN(c1nc(OCC3(CN4CCOCC4)CC3)nc3c(F)c(Br)c(Cl)cc13)C2. The Morgan fingerprint density at radius 3 is 2.63 bits per heavy atom. The van der Waals surface area contributed by atoms with Crippen molar-refractivity contribution in [3.05, 3.63) is 21.4 Å². The first-order chi connectivity index (χ1) is 19.4. The highest BCUT2D eigenvalue weighted by Gasteiger charge is 2.52. The molecule has 41 heavy (non-hydrogen) atoms. The van der Waals surface area contributed by atoms with Gasteiger partial charge in [0.1, 0.15) is 16.9 Å². The van der Waals surface area contributed by atoms with Crippen LogP contribution < -0.4 is 9.64 Å². The van der Waals surface area contributed by atoms with Crippen molar-refractivity contribution in [3.8, 4) is 6.01 Å². The third-order valence-corrected chi connectivity index (χ3v) is 10.0. The van der Waals surface area contributed by atoms with E-state index in [1.165, 1.54) is 0 Å². The predicted molar refractivity (Wildman–Crippen MR) is 158 cm³/mol. The van der Waals surface area contributed by atoms with Gasteiger partial charge in [0.05, 0.1) is 40.9 Å². The fourth-order valence-electron chi connectivity index (χ4n) is 6.49. The zero-order valence-electron chi connectivity index (χ0n) is 24.1. The van der Waals surface area contributed by atoms with Crippen molar-refractivity contribution < 1.29 is 23.4 Å². The number of carbonyl (C=O) groups excluding carboxylic acids is 1. The smallest absolute Gasteiger partial charge is 0.411 e. The lowest BCUT2D eigenvalue weighted by Gasteiger charge is -2.47. The summed E-state index contributed by atoms with van der Waals surface area (Å²) >= 11 is 9.68. The van der Waals surface area contributed by atoms with E-state index in [0.717, 1.165) is 58.5 Å². The molecular formula is C29H38BrClFN5O4. The van der Waals surface area contributed by atoms with Crippen LogP contribution in [0.3, 0.4) is 0 Å². The number of nitrogens with zero attached hydrogens (tertiary/aromatic N) is 5. The lowest BCUT2D eigenvalue weighted by Crippen LogP contribution is -2.63. The molecule has 3 aliphatic heterocycles. The first-order valence-electron chi connectivity index (χ1n) is 14.4. The molecule has 1 amide bonds. The highest BCUT2D eigenvalue weighted by molar-refractivity contribution is 9.10. The van der Waals surface area contributed by atoms with Gasteiger partial charge in [0.2, 0.25) is 0 Å². The summed E-state index contributed by atoms with van der Waals surface area (Å²) in [4.78, 5) is 29.0. The maximum atomic E-state index is 15.6. The van der Waals surface area contributed by atoms with Gasteiger partial charge in [0, 0.05) is 43.5 Å². The third-order valence-electron chi connectivity index (χ3n) is 8.73. The second-order valence-corrected chi connectivity index (χ2v) is 14.5. The van der Waals surface area contributed by atoms with Gasteiger partial charge >= 0.3 is 12.1 Å². The molecule has 2 bridgehead atoms. The minimum Gasteiger partial charge on any atom is -0.463 e. The number of ether oxygens (including phenoxy) is 3. The molecule has 2 aromatic rings. The van der Waals surface area contributed by atoms with E-state index in [2.05, 4.69) is 37.6 Å². The summed E-state index contributed by atoms with van der Waals surface area (Å²) in [6.45, 7) is 13.5. The summed E-state index contributed by atoms with van der Waals surface area (Å²) < 4.78 is 33.2. The second kappa shape index (κ2) is 10.6. The molecule has 0 radical (unpaired) electrons. The van der Waals surface area contributed by atoms with Crippen LogP contribution in [0.5, 0.6) is 6.01 Å². The molecule has 2 atom stereocenters. The summed E-state index contributed by atoms with van der Waals surface area (Å²) in [6, 6.07) is 1.80. The van der Waals surface area contributed by atoms with Gasteiger partial charge < -0.3 is 19.1 Å². The van der Waals surface area contributed by atoms with Crippen LogP contribution in [0.1, 0.15) is 53.4 Å². The molecule has 0 unspecified atom stereocenters. The molecule has 9 nitrogen and oxygen atoms in total. The molecule has 1 aliphatic carbocycles. The maximum Gasteiger partial charge on any atom is 0.411 e. The molecule has 1 saturated carbocycles. The van der Waals surface area contributed by atoms with E-state index in [1.54, 1.807) is 6.07 Å². The fraction of sp³-hybridized carbons (Fsp3) is 0.690. The Hall–Kier alpha value is -1.95. The average molecular weight is 655 g/mol. The third kappa shape index (κ3) is 5.84. The van der Waals surface area contributed by atoms with Crippen molar-refractivity contribution in [2.45, 2.75) is 70.6 Å². The predicted octanol–water partition coefficient (Wildman–Crippen LogP) is 5.65. The van der Waals surface area contributed by atoms with E-state index in [4.69, 9.17) is 30.8 Å². The number of halogens is 3. The maximum absolute atomic E-state index is 15.6. The van der Waals surface area contributed by atoms with Crippen molar-refractivity contribution in [1.82, 2.24) is 19.8 Å². The van der Waals surface area contributed by atoms with Crippen LogP contribution in [-0.4, -0.2) is 95.6 Å². The first-order valence-corrected chi connectivity index (χ1v) is 15.6. The number of hydrogen-bond donors (Lipinski definition) is 0. The van der Waals surface area contributed by atoms with E-state index < -0.39 is 17.0 Å². The normalized spacial score (nSPS) is 26.0. The van der Waals surface area contributed by atoms with Gasteiger partial charge in [-0.05, 0) is 75.4 Å². The lowest BCUT2D eigenvalue weighted by molar-refractivity contribution is -0.00280. The summed E-state index contributed by atoms with van der Waals surface area (Å²) in [6.07, 6.45) is 3.54. The summed E-state index contributed by atoms with van der Waals surface area (Å²) in [5, 5.41) is 0.767. The topological polar surface area (TPSA) is 80.3 Å². The van der Waals surface area contributed by atoms with Crippen LogP contribution >= 0.6 is 27.5 Å². The number of anilines is 1. The molecule has 4 aliphatic rings. The average Bonchev–Trinajstić information content (AvgIpc) is 3.63.